The van der Waals surface area contributed by atoms with Gasteiger partial charge in [0.1, 0.15) is 5.82 Å². The highest BCUT2D eigenvalue weighted by molar-refractivity contribution is 7.90. The summed E-state index contributed by atoms with van der Waals surface area (Å²) in [6.07, 6.45) is 3.24. The van der Waals surface area contributed by atoms with Gasteiger partial charge in [-0.3, -0.25) is 0 Å². The Hall–Kier alpha value is -1.99. The van der Waals surface area contributed by atoms with Crippen LogP contribution in [-0.4, -0.2) is 40.4 Å². The number of nitrogens with zero attached hydrogens (tertiary/aromatic N) is 2. The number of halogens is 1. The fourth-order valence-corrected chi connectivity index (χ4v) is 3.94. The third kappa shape index (κ3) is 3.39. The molecule has 0 saturated heterocycles. The first kappa shape index (κ1) is 17.8. The number of aromatic nitrogens is 1. The molecule has 2 heterocycles. The molecule has 2 aromatic rings. The van der Waals surface area contributed by atoms with Crippen LogP contribution >= 0.6 is 11.6 Å². The molecule has 8 heteroatoms. The van der Waals surface area contributed by atoms with E-state index >= 15 is 0 Å². The van der Waals surface area contributed by atoms with Gasteiger partial charge in [-0.2, -0.15) is 0 Å². The summed E-state index contributed by atoms with van der Waals surface area (Å²) in [5, 5.41) is 0.326. The lowest BCUT2D eigenvalue weighted by molar-refractivity contribution is 0.350. The van der Waals surface area contributed by atoms with Crippen molar-refractivity contribution in [3.05, 3.63) is 40.5 Å². The molecule has 0 aliphatic carbocycles. The molecule has 1 aromatic carbocycles. The Labute approximate surface area is 152 Å². The van der Waals surface area contributed by atoms with Crippen molar-refractivity contribution in [2.75, 3.05) is 31.9 Å². The SMILES string of the molecule is COc1ccc2c(c1OC)CCN(c1ncc(S(C)(=O)=O)cc1Cl)C2. The number of rotatable bonds is 4. The van der Waals surface area contributed by atoms with Gasteiger partial charge in [-0.05, 0) is 24.1 Å². The Morgan fingerprint density at radius 2 is 2.00 bits per heavy atom. The topological polar surface area (TPSA) is 68.7 Å². The van der Waals surface area contributed by atoms with E-state index < -0.39 is 9.84 Å². The molecule has 0 N–H and O–H groups in total. The number of fused-ring (bicyclic) bond motifs is 1. The molecule has 134 valence electrons. The van der Waals surface area contributed by atoms with E-state index in [0.717, 1.165) is 29.6 Å². The van der Waals surface area contributed by atoms with Crippen LogP contribution in [-0.2, 0) is 22.8 Å². The minimum Gasteiger partial charge on any atom is -0.493 e. The van der Waals surface area contributed by atoms with E-state index in [1.807, 2.05) is 17.0 Å². The lowest BCUT2D eigenvalue weighted by Crippen LogP contribution is -2.31. The molecule has 1 aliphatic heterocycles. The van der Waals surface area contributed by atoms with E-state index in [1.165, 1.54) is 12.3 Å². The summed E-state index contributed by atoms with van der Waals surface area (Å²) in [7, 11) is -0.0848. The first-order valence-corrected chi connectivity index (χ1v) is 9.95. The van der Waals surface area contributed by atoms with E-state index in [4.69, 9.17) is 21.1 Å². The van der Waals surface area contributed by atoms with Crippen molar-refractivity contribution in [3.63, 3.8) is 0 Å². The Kier molecular flexibility index (Phi) is 4.79. The van der Waals surface area contributed by atoms with Crippen molar-refractivity contribution in [1.29, 1.82) is 0 Å². The molecule has 0 amide bonds. The van der Waals surface area contributed by atoms with Crippen molar-refractivity contribution < 1.29 is 17.9 Å². The minimum atomic E-state index is -3.33. The van der Waals surface area contributed by atoms with Gasteiger partial charge in [0, 0.05) is 31.1 Å². The van der Waals surface area contributed by atoms with Crippen LogP contribution < -0.4 is 14.4 Å². The molecule has 1 aromatic heterocycles. The fourth-order valence-electron chi connectivity index (χ4n) is 3.01. The summed E-state index contributed by atoms with van der Waals surface area (Å²) in [4.78, 5) is 6.42. The predicted octanol–water partition coefficient (Wildman–Crippen LogP) is 2.72. The summed E-state index contributed by atoms with van der Waals surface area (Å²) in [6, 6.07) is 5.33. The van der Waals surface area contributed by atoms with Crippen LogP contribution in [0.15, 0.2) is 29.3 Å². The Morgan fingerprint density at radius 3 is 2.60 bits per heavy atom. The number of benzene rings is 1. The van der Waals surface area contributed by atoms with Crippen LogP contribution in [0.3, 0.4) is 0 Å². The maximum Gasteiger partial charge on any atom is 0.177 e. The van der Waals surface area contributed by atoms with Gasteiger partial charge in [-0.25, -0.2) is 13.4 Å². The summed E-state index contributed by atoms with van der Waals surface area (Å²) in [5.74, 6) is 2.05. The maximum atomic E-state index is 11.6. The Morgan fingerprint density at radius 1 is 1.24 bits per heavy atom. The highest BCUT2D eigenvalue weighted by Crippen LogP contribution is 2.38. The molecule has 0 atom stereocenters. The molecular formula is C17H19ClN2O4S. The van der Waals surface area contributed by atoms with Crippen LogP contribution in [0, 0.1) is 0 Å². The first-order valence-electron chi connectivity index (χ1n) is 7.68. The van der Waals surface area contributed by atoms with Crippen molar-refractivity contribution >= 4 is 27.3 Å². The van der Waals surface area contributed by atoms with E-state index in [2.05, 4.69) is 4.98 Å². The van der Waals surface area contributed by atoms with Gasteiger partial charge in [0.05, 0.1) is 24.1 Å². The number of hydrogen-bond acceptors (Lipinski definition) is 6. The second kappa shape index (κ2) is 6.72. The molecule has 1 aliphatic rings. The molecule has 0 spiro atoms. The first-order chi connectivity index (χ1) is 11.8. The summed E-state index contributed by atoms with van der Waals surface area (Å²) >= 11 is 6.29. The van der Waals surface area contributed by atoms with E-state index in [1.54, 1.807) is 14.2 Å². The standard InChI is InChI=1S/C17H19ClN2O4S/c1-23-15-5-4-11-10-20(7-6-13(11)16(15)24-2)17-14(18)8-12(9-19-17)25(3,21)22/h4-5,8-9H,6-7,10H2,1-3H3. The average molecular weight is 383 g/mol. The Bertz CT molecular complexity index is 915. The van der Waals surface area contributed by atoms with Gasteiger partial charge in [-0.15, -0.1) is 0 Å². The van der Waals surface area contributed by atoms with Gasteiger partial charge in [0.25, 0.3) is 0 Å². The third-order valence-electron chi connectivity index (χ3n) is 4.26. The fraction of sp³-hybridized carbons (Fsp3) is 0.353. The summed E-state index contributed by atoms with van der Waals surface area (Å²) < 4.78 is 34.1. The number of pyridine rings is 1. The van der Waals surface area contributed by atoms with E-state index in [0.29, 0.717) is 29.7 Å². The van der Waals surface area contributed by atoms with Gasteiger partial charge in [0.2, 0.25) is 0 Å². The summed E-state index contributed by atoms with van der Waals surface area (Å²) in [6.45, 7) is 1.31. The largest absolute Gasteiger partial charge is 0.493 e. The number of methoxy groups -OCH3 is 2. The normalized spacial score (nSPS) is 14.2. The van der Waals surface area contributed by atoms with Crippen LogP contribution in [0.2, 0.25) is 5.02 Å². The Balaban J connectivity index is 1.94. The molecule has 0 fully saturated rings. The maximum absolute atomic E-state index is 11.6. The smallest absolute Gasteiger partial charge is 0.177 e. The molecule has 6 nitrogen and oxygen atoms in total. The molecular weight excluding hydrogens is 364 g/mol. The zero-order valence-corrected chi connectivity index (χ0v) is 15.8. The molecule has 25 heavy (non-hydrogen) atoms. The quantitative estimate of drug-likeness (QED) is 0.809. The summed E-state index contributed by atoms with van der Waals surface area (Å²) in [5.41, 5.74) is 2.22. The number of anilines is 1. The lowest BCUT2D eigenvalue weighted by atomic mass is 9.98. The zero-order valence-electron chi connectivity index (χ0n) is 14.2. The van der Waals surface area contributed by atoms with E-state index in [-0.39, 0.29) is 4.90 Å². The van der Waals surface area contributed by atoms with Crippen LogP contribution in [0.25, 0.3) is 0 Å². The highest BCUT2D eigenvalue weighted by Gasteiger charge is 2.24. The van der Waals surface area contributed by atoms with Crippen molar-refractivity contribution in [2.45, 2.75) is 17.9 Å². The molecule has 0 unspecified atom stereocenters. The molecule has 0 saturated carbocycles. The molecule has 0 bridgehead atoms. The second-order valence-corrected chi connectivity index (χ2v) is 8.28. The number of hydrogen-bond donors (Lipinski definition) is 0. The second-order valence-electron chi connectivity index (χ2n) is 5.86. The van der Waals surface area contributed by atoms with Gasteiger partial charge in [-0.1, -0.05) is 17.7 Å². The monoisotopic (exact) mass is 382 g/mol. The average Bonchev–Trinajstić information content (AvgIpc) is 2.59. The van der Waals surface area contributed by atoms with Gasteiger partial charge >= 0.3 is 0 Å². The number of sulfone groups is 1. The highest BCUT2D eigenvalue weighted by atomic mass is 35.5. The van der Waals surface area contributed by atoms with Crippen molar-refractivity contribution in [3.8, 4) is 11.5 Å². The third-order valence-corrected chi connectivity index (χ3v) is 5.62. The van der Waals surface area contributed by atoms with E-state index in [9.17, 15) is 8.42 Å². The minimum absolute atomic E-state index is 0.116. The number of ether oxygens (including phenoxy) is 2. The lowest BCUT2D eigenvalue weighted by Gasteiger charge is -2.31. The molecule has 3 rings (SSSR count). The van der Waals surface area contributed by atoms with Crippen molar-refractivity contribution in [1.82, 2.24) is 4.98 Å². The van der Waals surface area contributed by atoms with Crippen molar-refractivity contribution in [2.24, 2.45) is 0 Å². The van der Waals surface area contributed by atoms with Crippen LogP contribution in [0.1, 0.15) is 11.1 Å². The van der Waals surface area contributed by atoms with Gasteiger partial charge < -0.3 is 14.4 Å². The van der Waals surface area contributed by atoms with Crippen LogP contribution in [0.5, 0.6) is 11.5 Å². The predicted molar refractivity (Wildman–Crippen MR) is 96.7 cm³/mol. The van der Waals surface area contributed by atoms with Crippen LogP contribution in [0.4, 0.5) is 5.82 Å². The molecule has 0 radical (unpaired) electrons. The zero-order chi connectivity index (χ0) is 18.2. The van der Waals surface area contributed by atoms with Gasteiger partial charge in [0.15, 0.2) is 21.3 Å².